The average Bonchev–Trinajstić information content (AvgIpc) is 2.26. The highest BCUT2D eigenvalue weighted by Crippen LogP contribution is 2.12. The molecule has 0 saturated heterocycles. The van der Waals surface area contributed by atoms with E-state index >= 15 is 0 Å². The van der Waals surface area contributed by atoms with E-state index in [0.717, 1.165) is 11.3 Å². The van der Waals surface area contributed by atoms with Crippen LogP contribution in [0.3, 0.4) is 0 Å². The summed E-state index contributed by atoms with van der Waals surface area (Å²) < 4.78 is 5.10. The molecule has 4 heteroatoms. The van der Waals surface area contributed by atoms with E-state index in [1.165, 1.54) is 0 Å². The van der Waals surface area contributed by atoms with Gasteiger partial charge < -0.3 is 4.74 Å². The Morgan fingerprint density at radius 2 is 2.06 bits per heavy atom. The van der Waals surface area contributed by atoms with Crippen LogP contribution in [-0.2, 0) is 11.2 Å². The fourth-order valence-electron chi connectivity index (χ4n) is 1.27. The number of rotatable bonds is 4. The number of amides is 1. The minimum atomic E-state index is -0.135. The Morgan fingerprint density at radius 1 is 1.35 bits per heavy atom. The molecule has 0 aliphatic heterocycles. The first kappa shape index (κ1) is 13.5. The molecule has 0 bridgehead atoms. The summed E-state index contributed by atoms with van der Waals surface area (Å²) in [5, 5.41) is 0. The standard InChI is InChI=1S/C13H20N2O2/c1-13(2,3)15-14-12(16)9-10-6-5-7-11(8-10)17-4/h5-8,15H,9H2,1-4H3,(H,14,16). The maximum Gasteiger partial charge on any atom is 0.238 e. The Morgan fingerprint density at radius 3 is 2.65 bits per heavy atom. The summed E-state index contributed by atoms with van der Waals surface area (Å²) in [6, 6.07) is 7.49. The number of hydrogen-bond acceptors (Lipinski definition) is 3. The van der Waals surface area contributed by atoms with Gasteiger partial charge in [0.25, 0.3) is 0 Å². The summed E-state index contributed by atoms with van der Waals surface area (Å²) >= 11 is 0. The van der Waals surface area contributed by atoms with Crippen LogP contribution in [0.25, 0.3) is 0 Å². The minimum absolute atomic E-state index is 0.0619. The lowest BCUT2D eigenvalue weighted by atomic mass is 10.1. The smallest absolute Gasteiger partial charge is 0.238 e. The van der Waals surface area contributed by atoms with E-state index in [2.05, 4.69) is 10.9 Å². The lowest BCUT2D eigenvalue weighted by Crippen LogP contribution is -2.49. The third-order valence-corrected chi connectivity index (χ3v) is 2.08. The van der Waals surface area contributed by atoms with E-state index in [-0.39, 0.29) is 11.4 Å². The predicted molar refractivity (Wildman–Crippen MR) is 67.7 cm³/mol. The van der Waals surface area contributed by atoms with Crippen LogP contribution in [0.2, 0.25) is 0 Å². The third kappa shape index (κ3) is 5.36. The van der Waals surface area contributed by atoms with E-state index in [9.17, 15) is 4.79 Å². The summed E-state index contributed by atoms with van der Waals surface area (Å²) in [7, 11) is 1.61. The zero-order valence-electron chi connectivity index (χ0n) is 10.8. The van der Waals surface area contributed by atoms with Gasteiger partial charge in [-0.05, 0) is 38.5 Å². The van der Waals surface area contributed by atoms with Crippen molar-refractivity contribution in [2.75, 3.05) is 7.11 Å². The van der Waals surface area contributed by atoms with Gasteiger partial charge >= 0.3 is 0 Å². The molecule has 0 saturated carbocycles. The maximum atomic E-state index is 11.6. The quantitative estimate of drug-likeness (QED) is 0.782. The molecule has 4 nitrogen and oxygen atoms in total. The second-order valence-corrected chi connectivity index (χ2v) is 4.95. The Labute approximate surface area is 102 Å². The minimum Gasteiger partial charge on any atom is -0.497 e. The van der Waals surface area contributed by atoms with Crippen molar-refractivity contribution in [1.29, 1.82) is 0 Å². The summed E-state index contributed by atoms with van der Waals surface area (Å²) in [5.41, 5.74) is 6.41. The zero-order chi connectivity index (χ0) is 12.9. The normalized spacial score (nSPS) is 11.1. The molecule has 0 fully saturated rings. The highest BCUT2D eigenvalue weighted by atomic mass is 16.5. The molecular formula is C13H20N2O2. The average molecular weight is 236 g/mol. The number of methoxy groups -OCH3 is 1. The molecule has 0 aliphatic rings. The molecule has 0 aromatic heterocycles. The fourth-order valence-corrected chi connectivity index (χ4v) is 1.27. The van der Waals surface area contributed by atoms with E-state index in [1.807, 2.05) is 45.0 Å². The summed E-state index contributed by atoms with van der Waals surface area (Å²) in [6.45, 7) is 5.95. The van der Waals surface area contributed by atoms with E-state index in [1.54, 1.807) is 7.11 Å². The Bertz CT molecular complexity index is 383. The summed E-state index contributed by atoms with van der Waals surface area (Å²) in [6.07, 6.45) is 0.334. The van der Waals surface area contributed by atoms with Gasteiger partial charge in [0.1, 0.15) is 5.75 Å². The Kier molecular flexibility index (Phi) is 4.52. The van der Waals surface area contributed by atoms with Crippen LogP contribution in [0.15, 0.2) is 24.3 Å². The maximum absolute atomic E-state index is 11.6. The number of carbonyl (C=O) groups excluding carboxylic acids is 1. The third-order valence-electron chi connectivity index (χ3n) is 2.08. The van der Waals surface area contributed by atoms with Gasteiger partial charge in [0, 0.05) is 5.54 Å². The number of hydrogen-bond donors (Lipinski definition) is 2. The number of hydrazine groups is 1. The molecule has 94 valence electrons. The fraction of sp³-hybridized carbons (Fsp3) is 0.462. The van der Waals surface area contributed by atoms with Crippen molar-refractivity contribution < 1.29 is 9.53 Å². The largest absolute Gasteiger partial charge is 0.497 e. The van der Waals surface area contributed by atoms with E-state index < -0.39 is 0 Å². The van der Waals surface area contributed by atoms with Crippen molar-refractivity contribution in [2.24, 2.45) is 0 Å². The van der Waals surface area contributed by atoms with Crippen LogP contribution >= 0.6 is 0 Å². The second kappa shape index (κ2) is 5.68. The van der Waals surface area contributed by atoms with Gasteiger partial charge in [-0.25, -0.2) is 5.43 Å². The molecule has 1 rings (SSSR count). The first-order valence-corrected chi connectivity index (χ1v) is 5.59. The van der Waals surface area contributed by atoms with Crippen molar-refractivity contribution in [1.82, 2.24) is 10.9 Å². The van der Waals surface area contributed by atoms with Crippen molar-refractivity contribution in [2.45, 2.75) is 32.7 Å². The molecule has 1 aromatic rings. The van der Waals surface area contributed by atoms with Gasteiger partial charge in [-0.2, -0.15) is 0 Å². The van der Waals surface area contributed by atoms with E-state index in [0.29, 0.717) is 6.42 Å². The molecule has 2 N–H and O–H groups in total. The van der Waals surface area contributed by atoms with Gasteiger partial charge in [-0.1, -0.05) is 12.1 Å². The molecule has 0 radical (unpaired) electrons. The van der Waals surface area contributed by atoms with Gasteiger partial charge in [0.2, 0.25) is 5.91 Å². The van der Waals surface area contributed by atoms with Crippen molar-refractivity contribution in [3.05, 3.63) is 29.8 Å². The monoisotopic (exact) mass is 236 g/mol. The number of ether oxygens (including phenoxy) is 1. The zero-order valence-corrected chi connectivity index (χ0v) is 10.8. The molecule has 0 heterocycles. The molecule has 1 aromatic carbocycles. The van der Waals surface area contributed by atoms with Crippen LogP contribution in [-0.4, -0.2) is 18.6 Å². The second-order valence-electron chi connectivity index (χ2n) is 4.95. The molecule has 1 amide bonds. The number of carbonyl (C=O) groups is 1. The van der Waals surface area contributed by atoms with Crippen molar-refractivity contribution in [3.8, 4) is 5.75 Å². The number of benzene rings is 1. The van der Waals surface area contributed by atoms with Gasteiger partial charge in [-0.3, -0.25) is 10.2 Å². The molecule has 0 atom stereocenters. The van der Waals surface area contributed by atoms with Crippen LogP contribution in [0.4, 0.5) is 0 Å². The van der Waals surface area contributed by atoms with Crippen LogP contribution in [0.5, 0.6) is 5.75 Å². The summed E-state index contributed by atoms with van der Waals surface area (Å²) in [5.74, 6) is 0.701. The molecule has 17 heavy (non-hydrogen) atoms. The van der Waals surface area contributed by atoms with Crippen LogP contribution in [0.1, 0.15) is 26.3 Å². The molecular weight excluding hydrogens is 216 g/mol. The van der Waals surface area contributed by atoms with Gasteiger partial charge in [0.15, 0.2) is 0 Å². The molecule has 0 aliphatic carbocycles. The van der Waals surface area contributed by atoms with Gasteiger partial charge in [-0.15, -0.1) is 0 Å². The molecule has 0 spiro atoms. The highest BCUT2D eigenvalue weighted by Gasteiger charge is 2.11. The number of nitrogens with one attached hydrogen (secondary N) is 2. The van der Waals surface area contributed by atoms with Crippen LogP contribution in [0, 0.1) is 0 Å². The topological polar surface area (TPSA) is 50.4 Å². The lowest BCUT2D eigenvalue weighted by Gasteiger charge is -2.20. The first-order valence-electron chi connectivity index (χ1n) is 5.59. The van der Waals surface area contributed by atoms with Gasteiger partial charge in [0.05, 0.1) is 13.5 Å². The van der Waals surface area contributed by atoms with Crippen molar-refractivity contribution in [3.63, 3.8) is 0 Å². The highest BCUT2D eigenvalue weighted by molar-refractivity contribution is 5.78. The van der Waals surface area contributed by atoms with Crippen molar-refractivity contribution >= 4 is 5.91 Å². The first-order chi connectivity index (χ1) is 7.90. The lowest BCUT2D eigenvalue weighted by molar-refractivity contribution is -0.121. The van der Waals surface area contributed by atoms with E-state index in [4.69, 9.17) is 4.74 Å². The molecule has 0 unspecified atom stereocenters. The van der Waals surface area contributed by atoms with Crippen LogP contribution < -0.4 is 15.6 Å². The summed E-state index contributed by atoms with van der Waals surface area (Å²) in [4.78, 5) is 11.6. The Hall–Kier alpha value is -1.55. The SMILES string of the molecule is COc1cccc(CC(=O)NNC(C)(C)C)c1. The predicted octanol–water partition coefficient (Wildman–Crippen LogP) is 1.66. The Balaban J connectivity index is 2.50.